The normalized spacial score (nSPS) is 23.1. The van der Waals surface area contributed by atoms with Crippen molar-refractivity contribution in [2.45, 2.75) is 37.5 Å². The summed E-state index contributed by atoms with van der Waals surface area (Å²) in [7, 11) is 0. The maximum Gasteiger partial charge on any atom is 0.164 e. The van der Waals surface area contributed by atoms with Crippen molar-refractivity contribution in [3.05, 3.63) is 163 Å². The number of rotatable bonds is 3. The van der Waals surface area contributed by atoms with E-state index >= 15 is 0 Å². The molecule has 5 aliphatic carbocycles. The third-order valence-electron chi connectivity index (χ3n) is 14.4. The molecular weight excluding hydrogens is 679 g/mol. The Labute approximate surface area is 326 Å². The minimum absolute atomic E-state index is 0.0132. The van der Waals surface area contributed by atoms with Crippen LogP contribution in [0.1, 0.15) is 43.2 Å². The minimum Gasteiger partial charge on any atom is -0.208 e. The van der Waals surface area contributed by atoms with Crippen LogP contribution >= 0.6 is 0 Å². The Morgan fingerprint density at radius 3 is 1.43 bits per heavy atom. The summed E-state index contributed by atoms with van der Waals surface area (Å²) in [6, 6.07) is 56.0. The van der Waals surface area contributed by atoms with Crippen molar-refractivity contribution < 1.29 is 0 Å². The van der Waals surface area contributed by atoms with Gasteiger partial charge in [0.1, 0.15) is 0 Å². The third-order valence-corrected chi connectivity index (χ3v) is 14.4. The van der Waals surface area contributed by atoms with Gasteiger partial charge in [0.2, 0.25) is 0 Å². The summed E-state index contributed by atoms with van der Waals surface area (Å²) in [5, 5.41) is 10.4. The van der Waals surface area contributed by atoms with Crippen LogP contribution in [0.5, 0.6) is 0 Å². The summed E-state index contributed by atoms with van der Waals surface area (Å²) in [5.74, 6) is 5.13. The Morgan fingerprint density at radius 2 is 0.857 bits per heavy atom. The molecule has 8 aromatic carbocycles. The van der Waals surface area contributed by atoms with Gasteiger partial charge in [0, 0.05) is 22.1 Å². The Balaban J connectivity index is 1.17. The molecule has 1 aromatic heterocycles. The van der Waals surface area contributed by atoms with E-state index in [4.69, 9.17) is 15.0 Å². The van der Waals surface area contributed by atoms with Crippen molar-refractivity contribution in [3.8, 4) is 45.3 Å². The molecule has 0 amide bonds. The summed E-state index contributed by atoms with van der Waals surface area (Å²) in [5.41, 5.74) is 8.97. The van der Waals surface area contributed by atoms with E-state index in [1.807, 2.05) is 12.1 Å². The van der Waals surface area contributed by atoms with E-state index in [-0.39, 0.29) is 5.41 Å². The van der Waals surface area contributed by atoms with Gasteiger partial charge in [-0.1, -0.05) is 109 Å². The van der Waals surface area contributed by atoms with E-state index < -0.39 is 0 Å². The van der Waals surface area contributed by atoms with Crippen LogP contribution < -0.4 is 0 Å². The van der Waals surface area contributed by atoms with Crippen molar-refractivity contribution in [1.82, 2.24) is 15.0 Å². The molecule has 0 radical (unpaired) electrons. The standard InChI is InChI=1S/C53H39N3/c1-3-11-33(12-4-1)50-54-51(34-13-5-2-6-14-34)56-52(55-50)47-30-46-44-28-39-24-35-15-7-8-16-36(35)25-40(39)29-48(44)53(41-20-31-19-32(22-41)23-42(53)21-31)49(46)45-27-38-18-10-9-17-37(38)26-43(45)47/h1-18,24-32,41-42H,19-23H2. The lowest BCUT2D eigenvalue weighted by atomic mass is 9.43. The molecule has 4 saturated carbocycles. The van der Waals surface area contributed by atoms with Gasteiger partial charge in [-0.25, -0.2) is 15.0 Å². The number of hydrogen-bond donors (Lipinski definition) is 0. The van der Waals surface area contributed by atoms with Crippen LogP contribution in [0, 0.1) is 23.7 Å². The predicted octanol–water partition coefficient (Wildman–Crippen LogP) is 13.2. The molecule has 1 heterocycles. The van der Waals surface area contributed by atoms with Crippen molar-refractivity contribution in [2.24, 2.45) is 23.7 Å². The van der Waals surface area contributed by atoms with Gasteiger partial charge in [-0.15, -0.1) is 0 Å². The summed E-state index contributed by atoms with van der Waals surface area (Å²) in [6.45, 7) is 0. The van der Waals surface area contributed by atoms with Crippen molar-refractivity contribution in [1.29, 1.82) is 0 Å². The van der Waals surface area contributed by atoms with E-state index in [0.29, 0.717) is 23.5 Å². The zero-order chi connectivity index (χ0) is 36.5. The molecule has 9 aromatic rings. The molecule has 4 bridgehead atoms. The summed E-state index contributed by atoms with van der Waals surface area (Å²) in [6.07, 6.45) is 6.79. The third kappa shape index (κ3) is 4.32. The van der Waals surface area contributed by atoms with E-state index in [0.717, 1.165) is 34.4 Å². The van der Waals surface area contributed by atoms with E-state index in [1.165, 1.54) is 86.3 Å². The lowest BCUT2D eigenvalue weighted by Gasteiger charge is -2.61. The number of hydrogen-bond acceptors (Lipinski definition) is 3. The Hall–Kier alpha value is -6.19. The summed E-state index contributed by atoms with van der Waals surface area (Å²) < 4.78 is 0. The Bertz CT molecular complexity index is 3010. The van der Waals surface area contributed by atoms with E-state index in [9.17, 15) is 0 Å². The lowest BCUT2D eigenvalue weighted by molar-refractivity contribution is -0.0393. The largest absolute Gasteiger partial charge is 0.208 e. The average molecular weight is 718 g/mol. The molecule has 14 rings (SSSR count). The molecule has 0 N–H and O–H groups in total. The van der Waals surface area contributed by atoms with Gasteiger partial charge in [0.25, 0.3) is 0 Å². The lowest BCUT2D eigenvalue weighted by Crippen LogP contribution is -2.55. The Morgan fingerprint density at radius 1 is 0.375 bits per heavy atom. The van der Waals surface area contributed by atoms with Crippen LogP contribution in [0.4, 0.5) is 0 Å². The molecule has 4 fully saturated rings. The molecule has 0 saturated heterocycles. The van der Waals surface area contributed by atoms with Crippen molar-refractivity contribution >= 4 is 43.1 Å². The first kappa shape index (κ1) is 31.1. The van der Waals surface area contributed by atoms with Crippen molar-refractivity contribution in [3.63, 3.8) is 0 Å². The van der Waals surface area contributed by atoms with Gasteiger partial charge >= 0.3 is 0 Å². The fourth-order valence-corrected chi connectivity index (χ4v) is 12.3. The van der Waals surface area contributed by atoms with Crippen LogP contribution in [0.25, 0.3) is 88.4 Å². The maximum absolute atomic E-state index is 5.35. The van der Waals surface area contributed by atoms with Crippen LogP contribution in [0.3, 0.4) is 0 Å². The molecule has 3 heteroatoms. The van der Waals surface area contributed by atoms with Crippen LogP contribution in [-0.2, 0) is 5.41 Å². The second-order valence-electron chi connectivity index (χ2n) is 17.2. The second kappa shape index (κ2) is 11.4. The van der Waals surface area contributed by atoms with Crippen LogP contribution in [-0.4, -0.2) is 15.0 Å². The minimum atomic E-state index is -0.0132. The van der Waals surface area contributed by atoms with Crippen LogP contribution in [0.15, 0.2) is 152 Å². The molecule has 1 spiro atoms. The van der Waals surface area contributed by atoms with Gasteiger partial charge in [0.05, 0.1) is 0 Å². The Kier molecular flexibility index (Phi) is 6.34. The molecule has 56 heavy (non-hydrogen) atoms. The topological polar surface area (TPSA) is 38.7 Å². The van der Waals surface area contributed by atoms with E-state index in [2.05, 4.69) is 140 Å². The van der Waals surface area contributed by atoms with Crippen LogP contribution in [0.2, 0.25) is 0 Å². The fraction of sp³-hybridized carbons (Fsp3) is 0.189. The molecule has 266 valence electrons. The summed E-state index contributed by atoms with van der Waals surface area (Å²) >= 11 is 0. The van der Waals surface area contributed by atoms with Crippen molar-refractivity contribution in [2.75, 3.05) is 0 Å². The number of benzene rings is 8. The molecular formula is C53H39N3. The molecule has 0 atom stereocenters. The number of fused-ring (bicyclic) bond motifs is 8. The second-order valence-corrected chi connectivity index (χ2v) is 17.2. The first-order valence-electron chi connectivity index (χ1n) is 20.5. The number of nitrogens with zero attached hydrogens (tertiary/aromatic N) is 3. The van der Waals surface area contributed by atoms with Gasteiger partial charge in [-0.3, -0.25) is 0 Å². The predicted molar refractivity (Wildman–Crippen MR) is 229 cm³/mol. The summed E-state index contributed by atoms with van der Waals surface area (Å²) in [4.78, 5) is 15.8. The zero-order valence-corrected chi connectivity index (χ0v) is 31.1. The molecule has 0 unspecified atom stereocenters. The molecule has 3 nitrogen and oxygen atoms in total. The van der Waals surface area contributed by atoms with Gasteiger partial charge in [-0.05, 0) is 164 Å². The molecule has 0 aliphatic heterocycles. The monoisotopic (exact) mass is 717 g/mol. The molecule has 5 aliphatic rings. The maximum atomic E-state index is 5.35. The highest BCUT2D eigenvalue weighted by atomic mass is 15.0. The zero-order valence-electron chi connectivity index (χ0n) is 31.1. The highest BCUT2D eigenvalue weighted by Gasteiger charge is 2.62. The van der Waals surface area contributed by atoms with E-state index in [1.54, 1.807) is 11.1 Å². The average Bonchev–Trinajstić information content (AvgIpc) is 3.52. The van der Waals surface area contributed by atoms with Gasteiger partial charge in [-0.2, -0.15) is 0 Å². The fourth-order valence-electron chi connectivity index (χ4n) is 12.3. The quantitative estimate of drug-likeness (QED) is 0.171. The highest BCUT2D eigenvalue weighted by Crippen LogP contribution is 2.71. The number of aromatic nitrogens is 3. The first-order chi connectivity index (χ1) is 27.7. The van der Waals surface area contributed by atoms with Gasteiger partial charge < -0.3 is 0 Å². The first-order valence-corrected chi connectivity index (χ1v) is 20.5. The SMILES string of the molecule is c1ccc(-c2nc(-c3ccccc3)nc(-c3cc4c(c5cc6ccccc6cc35)C3(c5cc6cc7ccccc7cc6cc5-4)C4CC5CC(C4)CC3C5)n2)cc1. The van der Waals surface area contributed by atoms with Gasteiger partial charge in [0.15, 0.2) is 17.5 Å². The highest BCUT2D eigenvalue weighted by molar-refractivity contribution is 6.12. The smallest absolute Gasteiger partial charge is 0.164 e.